The molecule has 11 heteroatoms. The molecule has 9 nitrogen and oxygen atoms in total. The first kappa shape index (κ1) is 33.2. The van der Waals surface area contributed by atoms with Gasteiger partial charge in [-0.3, -0.25) is 4.79 Å². The van der Waals surface area contributed by atoms with Crippen molar-refractivity contribution in [3.05, 3.63) is 118 Å². The molecule has 0 radical (unpaired) electrons. The van der Waals surface area contributed by atoms with E-state index in [1.54, 1.807) is 25.1 Å². The number of ether oxygens (including phenoxy) is 3. The van der Waals surface area contributed by atoms with Crippen LogP contribution < -0.4 is 10.1 Å². The van der Waals surface area contributed by atoms with E-state index in [2.05, 4.69) is 9.88 Å². The van der Waals surface area contributed by atoms with E-state index >= 15 is 0 Å². The second-order valence-electron chi connectivity index (χ2n) is 10.3. The summed E-state index contributed by atoms with van der Waals surface area (Å²) in [6, 6.07) is 25.6. The predicted octanol–water partition coefficient (Wildman–Crippen LogP) is 8.22. The lowest BCUT2D eigenvalue weighted by atomic mass is 9.97. The quantitative estimate of drug-likeness (QED) is 0.118. The number of nitrogens with one attached hydrogen (secondary N) is 1. The van der Waals surface area contributed by atoms with Gasteiger partial charge in [0.25, 0.3) is 0 Å². The molecule has 0 unspecified atom stereocenters. The minimum atomic E-state index is -1.07. The number of carbonyl (C=O) groups is 3. The highest BCUT2D eigenvalue weighted by Gasteiger charge is 2.21. The SMILES string of the molecule is CCOC(=O)C(=O)Nc1ccc(Oc2ccc(-c3ccccc3)c(Cc3nc(-c4ccc(Cl)cc4Cl)cn3CC)c2)cc1C(=O)OC. The number of amides is 1. The number of carbonyl (C=O) groups excluding carboxylic acids is 3. The molecule has 1 amide bonds. The van der Waals surface area contributed by atoms with E-state index in [9.17, 15) is 14.4 Å². The minimum absolute atomic E-state index is 0.00198. The van der Waals surface area contributed by atoms with Gasteiger partial charge in [0.1, 0.15) is 17.3 Å². The van der Waals surface area contributed by atoms with Gasteiger partial charge in [0.15, 0.2) is 0 Å². The molecular formula is C36H31Cl2N3O6. The van der Waals surface area contributed by atoms with Gasteiger partial charge in [0.2, 0.25) is 0 Å². The lowest BCUT2D eigenvalue weighted by molar-refractivity contribution is -0.152. The number of aromatic nitrogens is 2. The normalized spacial score (nSPS) is 10.7. The van der Waals surface area contributed by atoms with Crippen molar-refractivity contribution in [2.75, 3.05) is 19.0 Å². The fourth-order valence-electron chi connectivity index (χ4n) is 5.03. The largest absolute Gasteiger partial charge is 0.465 e. The third kappa shape index (κ3) is 7.82. The molecule has 0 atom stereocenters. The molecule has 5 rings (SSSR count). The summed E-state index contributed by atoms with van der Waals surface area (Å²) < 4.78 is 17.9. The first-order valence-corrected chi connectivity index (χ1v) is 15.5. The Morgan fingerprint density at radius 3 is 2.30 bits per heavy atom. The summed E-state index contributed by atoms with van der Waals surface area (Å²) in [6.45, 7) is 4.36. The molecule has 0 aliphatic rings. The van der Waals surface area contributed by atoms with Gasteiger partial charge >= 0.3 is 17.8 Å². The molecule has 1 aromatic heterocycles. The fraction of sp³-hybridized carbons (Fsp3) is 0.167. The van der Waals surface area contributed by atoms with E-state index in [-0.39, 0.29) is 17.9 Å². The van der Waals surface area contributed by atoms with Crippen LogP contribution in [0.5, 0.6) is 11.5 Å². The minimum Gasteiger partial charge on any atom is -0.465 e. The van der Waals surface area contributed by atoms with Gasteiger partial charge in [-0.1, -0.05) is 59.6 Å². The third-order valence-corrected chi connectivity index (χ3v) is 7.81. The Hall–Kier alpha value is -5.12. The Kier molecular flexibility index (Phi) is 10.6. The Bertz CT molecular complexity index is 1940. The molecule has 0 fully saturated rings. The molecule has 0 spiro atoms. The highest BCUT2D eigenvalue weighted by Crippen LogP contribution is 2.34. The first-order chi connectivity index (χ1) is 22.7. The Morgan fingerprint density at radius 2 is 1.60 bits per heavy atom. The maximum absolute atomic E-state index is 12.6. The van der Waals surface area contributed by atoms with Crippen LogP contribution in [0.2, 0.25) is 10.0 Å². The van der Waals surface area contributed by atoms with Crippen LogP contribution in [0.25, 0.3) is 22.4 Å². The number of benzene rings is 4. The second-order valence-corrected chi connectivity index (χ2v) is 11.1. The Labute approximate surface area is 282 Å². The summed E-state index contributed by atoms with van der Waals surface area (Å²) in [5.41, 5.74) is 4.58. The molecule has 240 valence electrons. The summed E-state index contributed by atoms with van der Waals surface area (Å²) in [5, 5.41) is 3.47. The number of esters is 2. The van der Waals surface area contributed by atoms with Gasteiger partial charge in [-0.15, -0.1) is 0 Å². The third-order valence-electron chi connectivity index (χ3n) is 7.26. The first-order valence-electron chi connectivity index (χ1n) is 14.8. The van der Waals surface area contributed by atoms with Gasteiger partial charge in [-0.25, -0.2) is 14.6 Å². The smallest absolute Gasteiger partial charge is 0.397 e. The topological polar surface area (TPSA) is 109 Å². The van der Waals surface area contributed by atoms with Crippen LogP contribution in [0.1, 0.15) is 35.6 Å². The van der Waals surface area contributed by atoms with E-state index in [4.69, 9.17) is 42.4 Å². The van der Waals surface area contributed by atoms with Gasteiger partial charge in [-0.2, -0.15) is 0 Å². The molecule has 0 aliphatic carbocycles. The zero-order chi connectivity index (χ0) is 33.5. The van der Waals surface area contributed by atoms with Crippen molar-refractivity contribution in [3.63, 3.8) is 0 Å². The van der Waals surface area contributed by atoms with Crippen LogP contribution in [0.4, 0.5) is 5.69 Å². The highest BCUT2D eigenvalue weighted by atomic mass is 35.5. The zero-order valence-corrected chi connectivity index (χ0v) is 27.4. The molecule has 1 N–H and O–H groups in total. The van der Waals surface area contributed by atoms with Gasteiger partial charge in [-0.05, 0) is 79.1 Å². The van der Waals surface area contributed by atoms with Gasteiger partial charge in [0, 0.05) is 29.7 Å². The maximum atomic E-state index is 12.6. The van der Waals surface area contributed by atoms with Crippen LogP contribution in [0.3, 0.4) is 0 Å². The highest BCUT2D eigenvalue weighted by molar-refractivity contribution is 6.37. The molecule has 0 bridgehead atoms. The van der Waals surface area contributed by atoms with Crippen LogP contribution in [0, 0.1) is 0 Å². The molecule has 5 aromatic rings. The van der Waals surface area contributed by atoms with Crippen LogP contribution in [-0.2, 0) is 32.0 Å². The van der Waals surface area contributed by atoms with Crippen molar-refractivity contribution >= 4 is 46.7 Å². The second kappa shape index (κ2) is 15.0. The molecular weight excluding hydrogens is 641 g/mol. The average molecular weight is 673 g/mol. The fourth-order valence-corrected chi connectivity index (χ4v) is 5.53. The number of halogens is 2. The van der Waals surface area contributed by atoms with E-state index in [1.165, 1.54) is 19.2 Å². The van der Waals surface area contributed by atoms with Crippen molar-refractivity contribution in [2.45, 2.75) is 26.8 Å². The maximum Gasteiger partial charge on any atom is 0.397 e. The number of anilines is 1. The predicted molar refractivity (Wildman–Crippen MR) is 181 cm³/mol. The summed E-state index contributed by atoms with van der Waals surface area (Å²) in [4.78, 5) is 41.7. The number of rotatable bonds is 10. The number of hydrogen-bond acceptors (Lipinski definition) is 7. The summed E-state index contributed by atoms with van der Waals surface area (Å²) in [5.74, 6) is -1.15. The zero-order valence-electron chi connectivity index (χ0n) is 25.9. The van der Waals surface area contributed by atoms with Gasteiger partial charge < -0.3 is 24.1 Å². The van der Waals surface area contributed by atoms with Crippen LogP contribution in [-0.4, -0.2) is 41.1 Å². The molecule has 1 heterocycles. The molecule has 0 aliphatic heterocycles. The lowest BCUT2D eigenvalue weighted by Crippen LogP contribution is -2.26. The van der Waals surface area contributed by atoms with Crippen molar-refractivity contribution in [1.82, 2.24) is 9.55 Å². The lowest BCUT2D eigenvalue weighted by Gasteiger charge is -2.15. The number of hydrogen-bond donors (Lipinski definition) is 1. The average Bonchev–Trinajstić information content (AvgIpc) is 3.47. The standard InChI is InChI=1S/C36H31Cl2N3O6/c1-4-41-21-32(28-14-11-24(37)19-30(28)38)39-33(41)18-23-17-25(12-15-27(23)22-9-7-6-8-10-22)47-26-13-16-31(29(20-26)35(43)45-3)40-34(42)36(44)46-5-2/h6-17,19-21H,4-5,18H2,1-3H3,(H,40,42). The van der Waals surface area contributed by atoms with Gasteiger partial charge in [0.05, 0.1) is 35.7 Å². The monoisotopic (exact) mass is 671 g/mol. The molecule has 0 saturated heterocycles. The Morgan fingerprint density at radius 1 is 0.872 bits per heavy atom. The summed E-state index contributed by atoms with van der Waals surface area (Å²) in [6.07, 6.45) is 2.45. The molecule has 4 aromatic carbocycles. The molecule has 0 saturated carbocycles. The number of methoxy groups -OCH3 is 1. The van der Waals surface area contributed by atoms with Crippen molar-refractivity contribution in [1.29, 1.82) is 0 Å². The van der Waals surface area contributed by atoms with E-state index in [0.29, 0.717) is 34.5 Å². The van der Waals surface area contributed by atoms with Crippen molar-refractivity contribution in [2.24, 2.45) is 0 Å². The number of imidazole rings is 1. The summed E-state index contributed by atoms with van der Waals surface area (Å²) in [7, 11) is 1.22. The van der Waals surface area contributed by atoms with Crippen LogP contribution >= 0.6 is 23.2 Å². The van der Waals surface area contributed by atoms with E-state index < -0.39 is 17.8 Å². The summed E-state index contributed by atoms with van der Waals surface area (Å²) >= 11 is 12.6. The van der Waals surface area contributed by atoms with Crippen molar-refractivity contribution < 1.29 is 28.6 Å². The molecule has 47 heavy (non-hydrogen) atoms. The van der Waals surface area contributed by atoms with E-state index in [1.807, 2.05) is 67.7 Å². The van der Waals surface area contributed by atoms with Crippen LogP contribution in [0.15, 0.2) is 91.1 Å². The Balaban J connectivity index is 1.49. The van der Waals surface area contributed by atoms with Crippen molar-refractivity contribution in [3.8, 4) is 33.9 Å². The van der Waals surface area contributed by atoms with E-state index in [0.717, 1.165) is 33.8 Å². The number of aryl methyl sites for hydroxylation is 1. The number of nitrogens with zero attached hydrogens (tertiary/aromatic N) is 2.